The van der Waals surface area contributed by atoms with Crippen molar-refractivity contribution in [2.24, 2.45) is 5.10 Å². The second-order valence-corrected chi connectivity index (χ2v) is 2.12. The van der Waals surface area contributed by atoms with Gasteiger partial charge in [-0.15, -0.1) is 5.10 Å². The smallest absolute Gasteiger partial charge is 0.113 e. The van der Waals surface area contributed by atoms with Crippen molar-refractivity contribution in [3.63, 3.8) is 0 Å². The predicted molar refractivity (Wildman–Crippen MR) is 39.8 cm³/mol. The van der Waals surface area contributed by atoms with E-state index in [9.17, 15) is 0 Å². The molecular formula is C6H10N4. The lowest BCUT2D eigenvalue weighted by atomic mass is 10.8. The first-order valence-corrected chi connectivity index (χ1v) is 2.99. The maximum atomic E-state index is 3.97. The van der Waals surface area contributed by atoms with E-state index in [1.807, 2.05) is 25.1 Å². The minimum Gasteiger partial charge on any atom is -0.367 e. The molecule has 54 valence electrons. The van der Waals surface area contributed by atoms with Crippen LogP contribution in [0.15, 0.2) is 23.6 Å². The van der Waals surface area contributed by atoms with Crippen LogP contribution in [0.3, 0.4) is 0 Å². The molecule has 0 aliphatic carbocycles. The second-order valence-electron chi connectivity index (χ2n) is 2.12. The van der Waals surface area contributed by atoms with Crippen molar-refractivity contribution in [1.82, 2.24) is 14.8 Å². The summed E-state index contributed by atoms with van der Waals surface area (Å²) in [6, 6.07) is 1.83. The van der Waals surface area contributed by atoms with Crippen molar-refractivity contribution in [3.8, 4) is 0 Å². The monoisotopic (exact) mass is 138 g/mol. The van der Waals surface area contributed by atoms with Crippen molar-refractivity contribution >= 4 is 6.34 Å². The van der Waals surface area contributed by atoms with E-state index < -0.39 is 0 Å². The van der Waals surface area contributed by atoms with Crippen LogP contribution in [0.1, 0.15) is 0 Å². The lowest BCUT2D eigenvalue weighted by Crippen LogP contribution is -2.09. The van der Waals surface area contributed by atoms with Crippen LogP contribution in [0.2, 0.25) is 0 Å². The Morgan fingerprint density at radius 3 is 2.90 bits per heavy atom. The molecule has 0 bridgehead atoms. The van der Waals surface area contributed by atoms with Gasteiger partial charge in [-0.25, -0.2) is 0 Å². The summed E-state index contributed by atoms with van der Waals surface area (Å²) in [5.41, 5.74) is 0. The minimum atomic E-state index is 1.50. The molecule has 0 spiro atoms. The Balaban J connectivity index is 2.55. The molecule has 4 nitrogen and oxygen atoms in total. The van der Waals surface area contributed by atoms with Crippen molar-refractivity contribution in [1.29, 1.82) is 0 Å². The summed E-state index contributed by atoms with van der Waals surface area (Å²) in [6.45, 7) is 0. The Labute approximate surface area is 59.8 Å². The van der Waals surface area contributed by atoms with Gasteiger partial charge < -0.3 is 4.90 Å². The van der Waals surface area contributed by atoms with Gasteiger partial charge in [-0.1, -0.05) is 0 Å². The number of hydrogen-bond donors (Lipinski definition) is 0. The van der Waals surface area contributed by atoms with Gasteiger partial charge in [-0.05, 0) is 6.07 Å². The molecule has 0 N–H and O–H groups in total. The molecule has 0 saturated carbocycles. The zero-order valence-electron chi connectivity index (χ0n) is 6.10. The standard InChI is InChI=1S/C6H10N4/c1-9(2)6-8-10-5-3-4-7-10/h3-6H,1-2H3/b8-6+. The zero-order chi connectivity index (χ0) is 7.40. The maximum Gasteiger partial charge on any atom is 0.113 e. The van der Waals surface area contributed by atoms with Crippen molar-refractivity contribution < 1.29 is 0 Å². The Kier molecular flexibility index (Phi) is 2.04. The third-order valence-electron chi connectivity index (χ3n) is 0.891. The lowest BCUT2D eigenvalue weighted by Gasteiger charge is -2.00. The summed E-state index contributed by atoms with van der Waals surface area (Å²) < 4.78 is 0. The first-order valence-electron chi connectivity index (χ1n) is 2.99. The highest BCUT2D eigenvalue weighted by Gasteiger charge is 1.80. The fourth-order valence-electron chi connectivity index (χ4n) is 0.485. The molecule has 0 atom stereocenters. The Hall–Kier alpha value is -1.32. The second kappa shape index (κ2) is 3.00. The summed E-state index contributed by atoms with van der Waals surface area (Å²) in [7, 11) is 3.82. The number of aromatic nitrogens is 2. The van der Waals surface area contributed by atoms with Gasteiger partial charge in [0.1, 0.15) is 6.34 Å². The van der Waals surface area contributed by atoms with Crippen molar-refractivity contribution in [2.75, 3.05) is 14.1 Å². The quantitative estimate of drug-likeness (QED) is 0.433. The highest BCUT2D eigenvalue weighted by molar-refractivity contribution is 5.53. The van der Waals surface area contributed by atoms with Gasteiger partial charge in [-0.2, -0.15) is 9.89 Å². The molecule has 0 fully saturated rings. The summed E-state index contributed by atoms with van der Waals surface area (Å²) in [5, 5.41) is 7.85. The van der Waals surface area contributed by atoms with Gasteiger partial charge in [0.05, 0.1) is 12.4 Å². The number of hydrogen-bond acceptors (Lipinski definition) is 2. The summed E-state index contributed by atoms with van der Waals surface area (Å²) in [6.07, 6.45) is 5.15. The van der Waals surface area contributed by atoms with E-state index in [-0.39, 0.29) is 0 Å². The average molecular weight is 138 g/mol. The molecule has 0 amide bonds. The maximum absolute atomic E-state index is 3.97. The van der Waals surface area contributed by atoms with E-state index in [0.29, 0.717) is 0 Å². The first kappa shape index (κ1) is 6.80. The van der Waals surface area contributed by atoms with E-state index in [2.05, 4.69) is 10.2 Å². The Morgan fingerprint density at radius 2 is 2.40 bits per heavy atom. The normalized spacial score (nSPS) is 10.6. The highest BCUT2D eigenvalue weighted by atomic mass is 15.5. The van der Waals surface area contributed by atoms with Gasteiger partial charge in [0.25, 0.3) is 0 Å². The zero-order valence-corrected chi connectivity index (χ0v) is 6.10. The molecule has 1 rings (SSSR count). The van der Waals surface area contributed by atoms with E-state index in [1.165, 1.54) is 4.79 Å². The van der Waals surface area contributed by atoms with Crippen molar-refractivity contribution in [2.45, 2.75) is 0 Å². The molecule has 0 aliphatic rings. The van der Waals surface area contributed by atoms with Gasteiger partial charge >= 0.3 is 0 Å². The Morgan fingerprint density at radius 1 is 1.60 bits per heavy atom. The molecule has 0 unspecified atom stereocenters. The van der Waals surface area contributed by atoms with Crippen molar-refractivity contribution in [3.05, 3.63) is 18.5 Å². The molecule has 1 heterocycles. The number of nitrogens with zero attached hydrogens (tertiary/aromatic N) is 4. The fraction of sp³-hybridized carbons (Fsp3) is 0.333. The molecule has 0 aliphatic heterocycles. The van der Waals surface area contributed by atoms with Crippen LogP contribution in [0.25, 0.3) is 0 Å². The summed E-state index contributed by atoms with van der Waals surface area (Å²) in [5.74, 6) is 0. The molecular weight excluding hydrogens is 128 g/mol. The van der Waals surface area contributed by atoms with Gasteiger partial charge in [0.15, 0.2) is 0 Å². The van der Waals surface area contributed by atoms with E-state index in [1.54, 1.807) is 18.7 Å². The minimum absolute atomic E-state index is 1.50. The lowest BCUT2D eigenvalue weighted by molar-refractivity contribution is 0.621. The Bertz CT molecular complexity index is 200. The van der Waals surface area contributed by atoms with Crippen LogP contribution in [0.4, 0.5) is 0 Å². The molecule has 10 heavy (non-hydrogen) atoms. The van der Waals surface area contributed by atoms with E-state index in [4.69, 9.17) is 0 Å². The molecule has 1 aromatic heterocycles. The van der Waals surface area contributed by atoms with Crippen LogP contribution in [0, 0.1) is 0 Å². The van der Waals surface area contributed by atoms with Crippen LogP contribution < -0.4 is 0 Å². The van der Waals surface area contributed by atoms with Gasteiger partial charge in [-0.3, -0.25) is 0 Å². The molecule has 0 aromatic carbocycles. The van der Waals surface area contributed by atoms with Crippen LogP contribution in [-0.2, 0) is 0 Å². The molecule has 4 heteroatoms. The third-order valence-corrected chi connectivity index (χ3v) is 0.891. The summed E-state index contributed by atoms with van der Waals surface area (Å²) in [4.78, 5) is 3.35. The molecule has 1 aromatic rings. The molecule has 0 radical (unpaired) electrons. The van der Waals surface area contributed by atoms with Gasteiger partial charge in [0.2, 0.25) is 0 Å². The first-order chi connectivity index (χ1) is 4.79. The van der Waals surface area contributed by atoms with Crippen LogP contribution in [0.5, 0.6) is 0 Å². The highest BCUT2D eigenvalue weighted by Crippen LogP contribution is 1.80. The topological polar surface area (TPSA) is 33.4 Å². The van der Waals surface area contributed by atoms with E-state index >= 15 is 0 Å². The van der Waals surface area contributed by atoms with Crippen LogP contribution in [-0.4, -0.2) is 35.2 Å². The third kappa shape index (κ3) is 1.89. The summed E-state index contributed by atoms with van der Waals surface area (Å²) >= 11 is 0. The average Bonchev–Trinajstić information content (AvgIpc) is 2.34. The fourth-order valence-corrected chi connectivity index (χ4v) is 0.485. The van der Waals surface area contributed by atoms with Gasteiger partial charge in [0, 0.05) is 14.1 Å². The predicted octanol–water partition coefficient (Wildman–Crippen LogP) is 0.236. The molecule has 0 saturated heterocycles. The SMILES string of the molecule is CN(C)/C=N/n1cccn1. The van der Waals surface area contributed by atoms with Crippen LogP contribution >= 0.6 is 0 Å². The van der Waals surface area contributed by atoms with E-state index in [0.717, 1.165) is 0 Å². The number of rotatable bonds is 2. The largest absolute Gasteiger partial charge is 0.367 e.